The monoisotopic (exact) mass is 297 g/mol. The van der Waals surface area contributed by atoms with Gasteiger partial charge in [0.1, 0.15) is 5.00 Å². The van der Waals surface area contributed by atoms with Crippen molar-refractivity contribution in [2.24, 2.45) is 5.73 Å². The molecule has 20 heavy (non-hydrogen) atoms. The molecule has 7 heteroatoms. The first-order valence-electron chi connectivity index (χ1n) is 6.56. The smallest absolute Gasteiger partial charge is 0.251 e. The Balaban J connectivity index is 2.00. The topological polar surface area (TPSA) is 84.7 Å². The van der Waals surface area contributed by atoms with Gasteiger partial charge < -0.3 is 15.8 Å². The lowest BCUT2D eigenvalue weighted by Crippen LogP contribution is -2.37. The first kappa shape index (κ1) is 15.0. The van der Waals surface area contributed by atoms with E-state index in [-0.39, 0.29) is 5.91 Å². The summed E-state index contributed by atoms with van der Waals surface area (Å²) in [5, 5.41) is 3.20. The summed E-state index contributed by atoms with van der Waals surface area (Å²) in [5.74, 6) is -0.711. The Labute approximate surface area is 121 Å². The number of nitrogens with zero attached hydrogens (tertiary/aromatic N) is 1. The van der Waals surface area contributed by atoms with E-state index in [2.05, 4.69) is 10.2 Å². The molecule has 1 saturated heterocycles. The Hall–Kier alpha value is -1.44. The molecule has 0 spiro atoms. The van der Waals surface area contributed by atoms with Crippen LogP contribution in [-0.4, -0.2) is 49.6 Å². The number of primary amides is 1. The number of rotatable bonds is 5. The van der Waals surface area contributed by atoms with Crippen LogP contribution in [-0.2, 0) is 16.0 Å². The van der Waals surface area contributed by atoms with Crippen molar-refractivity contribution in [3.05, 3.63) is 16.5 Å². The second-order valence-electron chi connectivity index (χ2n) is 4.70. The van der Waals surface area contributed by atoms with Crippen molar-refractivity contribution in [2.75, 3.05) is 38.2 Å². The molecule has 1 aliphatic heterocycles. The molecule has 0 unspecified atom stereocenters. The molecule has 1 aromatic rings. The SMILES string of the molecule is CC(=O)Nc1sc(CCN2CCOCC2)cc1C(N)=O. The number of thiophene rings is 1. The third-order valence-corrected chi connectivity index (χ3v) is 4.23. The third-order valence-electron chi connectivity index (χ3n) is 3.12. The number of nitrogens with two attached hydrogens (primary N) is 1. The van der Waals surface area contributed by atoms with Gasteiger partial charge in [-0.1, -0.05) is 0 Å². The minimum atomic E-state index is -0.511. The van der Waals surface area contributed by atoms with Gasteiger partial charge >= 0.3 is 0 Å². The largest absolute Gasteiger partial charge is 0.379 e. The first-order chi connectivity index (χ1) is 9.56. The summed E-state index contributed by atoms with van der Waals surface area (Å²) in [6, 6.07) is 1.78. The highest BCUT2D eigenvalue weighted by Crippen LogP contribution is 2.28. The van der Waals surface area contributed by atoms with E-state index in [1.165, 1.54) is 18.3 Å². The fraction of sp³-hybridized carbons (Fsp3) is 0.538. The van der Waals surface area contributed by atoms with Crippen LogP contribution in [0.4, 0.5) is 5.00 Å². The normalized spacial score (nSPS) is 16.1. The molecule has 0 bridgehead atoms. The lowest BCUT2D eigenvalue weighted by Gasteiger charge is -2.26. The second kappa shape index (κ2) is 6.83. The van der Waals surface area contributed by atoms with E-state index >= 15 is 0 Å². The van der Waals surface area contributed by atoms with Crippen LogP contribution in [0.3, 0.4) is 0 Å². The van der Waals surface area contributed by atoms with Gasteiger partial charge in [0.15, 0.2) is 0 Å². The minimum absolute atomic E-state index is 0.200. The average molecular weight is 297 g/mol. The van der Waals surface area contributed by atoms with E-state index in [0.29, 0.717) is 10.6 Å². The third kappa shape index (κ3) is 4.03. The summed E-state index contributed by atoms with van der Waals surface area (Å²) < 4.78 is 5.30. The van der Waals surface area contributed by atoms with Crippen LogP contribution in [0, 0.1) is 0 Å². The Bertz CT molecular complexity index is 495. The molecule has 2 heterocycles. The summed E-state index contributed by atoms with van der Waals surface area (Å²) in [6.45, 7) is 5.75. The van der Waals surface area contributed by atoms with Crippen LogP contribution in [0.1, 0.15) is 22.2 Å². The first-order valence-corrected chi connectivity index (χ1v) is 7.38. The zero-order valence-electron chi connectivity index (χ0n) is 11.5. The lowest BCUT2D eigenvalue weighted by molar-refractivity contribution is -0.114. The minimum Gasteiger partial charge on any atom is -0.379 e. The number of carbonyl (C=O) groups excluding carboxylic acids is 2. The maximum Gasteiger partial charge on any atom is 0.251 e. The molecule has 0 aromatic carbocycles. The zero-order valence-corrected chi connectivity index (χ0v) is 12.3. The van der Waals surface area contributed by atoms with Gasteiger partial charge in [0, 0.05) is 31.4 Å². The summed E-state index contributed by atoms with van der Waals surface area (Å²) in [5.41, 5.74) is 5.72. The maximum absolute atomic E-state index is 11.4. The number of hydrogen-bond donors (Lipinski definition) is 2. The Morgan fingerprint density at radius 2 is 2.15 bits per heavy atom. The molecular weight excluding hydrogens is 278 g/mol. The van der Waals surface area contributed by atoms with Crippen LogP contribution < -0.4 is 11.1 Å². The fourth-order valence-corrected chi connectivity index (χ4v) is 3.19. The van der Waals surface area contributed by atoms with Gasteiger partial charge in [-0.25, -0.2) is 0 Å². The molecule has 0 atom stereocenters. The van der Waals surface area contributed by atoms with Gasteiger partial charge in [-0.05, 0) is 12.5 Å². The summed E-state index contributed by atoms with van der Waals surface area (Å²) in [4.78, 5) is 25.9. The highest BCUT2D eigenvalue weighted by atomic mass is 32.1. The van der Waals surface area contributed by atoms with E-state index in [1.54, 1.807) is 6.07 Å². The van der Waals surface area contributed by atoms with E-state index in [0.717, 1.165) is 44.1 Å². The zero-order chi connectivity index (χ0) is 14.5. The molecule has 0 radical (unpaired) electrons. The predicted octanol–water partition coefficient (Wildman–Crippen LogP) is 0.680. The second-order valence-corrected chi connectivity index (χ2v) is 5.84. The molecule has 1 aromatic heterocycles. The highest BCUT2D eigenvalue weighted by molar-refractivity contribution is 7.16. The van der Waals surface area contributed by atoms with Gasteiger partial charge in [-0.15, -0.1) is 11.3 Å². The molecule has 2 amide bonds. The molecular formula is C13H19N3O3S. The lowest BCUT2D eigenvalue weighted by atomic mass is 10.2. The van der Waals surface area contributed by atoms with Crippen LogP contribution in [0.5, 0.6) is 0 Å². The number of morpholine rings is 1. The van der Waals surface area contributed by atoms with Gasteiger partial charge in [0.25, 0.3) is 5.91 Å². The Morgan fingerprint density at radius 3 is 2.75 bits per heavy atom. The van der Waals surface area contributed by atoms with E-state index in [4.69, 9.17) is 10.5 Å². The van der Waals surface area contributed by atoms with Crippen molar-refractivity contribution in [3.63, 3.8) is 0 Å². The average Bonchev–Trinajstić information content (AvgIpc) is 2.80. The number of ether oxygens (including phenoxy) is 1. The summed E-state index contributed by atoms with van der Waals surface area (Å²) >= 11 is 1.41. The standard InChI is InChI=1S/C13H19N3O3S/c1-9(17)15-13-11(12(14)18)8-10(20-13)2-3-16-4-6-19-7-5-16/h8H,2-7H2,1H3,(H2,14,18)(H,15,17). The van der Waals surface area contributed by atoms with E-state index in [1.807, 2.05) is 0 Å². The highest BCUT2D eigenvalue weighted by Gasteiger charge is 2.16. The van der Waals surface area contributed by atoms with Crippen molar-refractivity contribution < 1.29 is 14.3 Å². The number of amides is 2. The molecule has 6 nitrogen and oxygen atoms in total. The molecule has 1 aliphatic rings. The van der Waals surface area contributed by atoms with Crippen LogP contribution in [0.2, 0.25) is 0 Å². The van der Waals surface area contributed by atoms with Gasteiger partial charge in [-0.2, -0.15) is 0 Å². The molecule has 0 aliphatic carbocycles. The predicted molar refractivity (Wildman–Crippen MR) is 78.1 cm³/mol. The molecule has 0 saturated carbocycles. The number of nitrogens with one attached hydrogen (secondary N) is 1. The van der Waals surface area contributed by atoms with Crippen molar-refractivity contribution in [3.8, 4) is 0 Å². The van der Waals surface area contributed by atoms with E-state index < -0.39 is 5.91 Å². The summed E-state index contributed by atoms with van der Waals surface area (Å²) in [7, 11) is 0. The maximum atomic E-state index is 11.4. The fourth-order valence-electron chi connectivity index (χ4n) is 2.09. The number of anilines is 1. The van der Waals surface area contributed by atoms with Crippen molar-refractivity contribution in [2.45, 2.75) is 13.3 Å². The van der Waals surface area contributed by atoms with Crippen molar-refractivity contribution >= 4 is 28.2 Å². The quantitative estimate of drug-likeness (QED) is 0.837. The van der Waals surface area contributed by atoms with Gasteiger partial charge in [-0.3, -0.25) is 14.5 Å². The Kier molecular flexibility index (Phi) is 5.11. The summed E-state index contributed by atoms with van der Waals surface area (Å²) in [6.07, 6.45) is 0.838. The van der Waals surface area contributed by atoms with Crippen LogP contribution in [0.25, 0.3) is 0 Å². The van der Waals surface area contributed by atoms with Crippen LogP contribution >= 0.6 is 11.3 Å². The number of hydrogen-bond acceptors (Lipinski definition) is 5. The van der Waals surface area contributed by atoms with Crippen molar-refractivity contribution in [1.29, 1.82) is 0 Å². The van der Waals surface area contributed by atoms with Gasteiger partial charge in [0.2, 0.25) is 5.91 Å². The number of carbonyl (C=O) groups is 2. The van der Waals surface area contributed by atoms with Crippen LogP contribution in [0.15, 0.2) is 6.07 Å². The van der Waals surface area contributed by atoms with Gasteiger partial charge in [0.05, 0.1) is 18.8 Å². The molecule has 2 rings (SSSR count). The van der Waals surface area contributed by atoms with Crippen molar-refractivity contribution in [1.82, 2.24) is 4.90 Å². The Morgan fingerprint density at radius 1 is 1.45 bits per heavy atom. The molecule has 3 N–H and O–H groups in total. The molecule has 110 valence electrons. The molecule has 1 fully saturated rings. The van der Waals surface area contributed by atoms with E-state index in [9.17, 15) is 9.59 Å².